The van der Waals surface area contributed by atoms with E-state index in [2.05, 4.69) is 0 Å². The second kappa shape index (κ2) is 4.93. The van der Waals surface area contributed by atoms with Gasteiger partial charge in [-0.25, -0.2) is 12.8 Å². The molecular formula is C11H16FNO2S. The summed E-state index contributed by atoms with van der Waals surface area (Å²) in [4.78, 5) is 0. The first-order valence-corrected chi connectivity index (χ1v) is 6.83. The van der Waals surface area contributed by atoms with Crippen LogP contribution in [0, 0.1) is 5.82 Å². The minimum absolute atomic E-state index is 0.0102. The first-order chi connectivity index (χ1) is 7.40. The lowest BCUT2D eigenvalue weighted by Gasteiger charge is -2.20. The van der Waals surface area contributed by atoms with Gasteiger partial charge in [-0.3, -0.25) is 0 Å². The Kier molecular flexibility index (Phi) is 4.04. The Labute approximate surface area is 95.4 Å². The van der Waals surface area contributed by atoms with Crippen LogP contribution in [0.5, 0.6) is 0 Å². The zero-order valence-electron chi connectivity index (χ0n) is 9.35. The van der Waals surface area contributed by atoms with E-state index in [4.69, 9.17) is 5.73 Å². The molecule has 0 fully saturated rings. The minimum Gasteiger partial charge on any atom is -0.323 e. The van der Waals surface area contributed by atoms with E-state index in [9.17, 15) is 12.8 Å². The van der Waals surface area contributed by atoms with Crippen molar-refractivity contribution in [1.82, 2.24) is 0 Å². The lowest BCUT2D eigenvalue weighted by atomic mass is 10.0. The quantitative estimate of drug-likeness (QED) is 0.877. The Balaban J connectivity index is 3.04. The van der Waals surface area contributed by atoms with Gasteiger partial charge in [-0.05, 0) is 13.0 Å². The van der Waals surface area contributed by atoms with Gasteiger partial charge in [0, 0.05) is 17.4 Å². The molecule has 5 heteroatoms. The molecular weight excluding hydrogens is 229 g/mol. The fourth-order valence-electron chi connectivity index (χ4n) is 1.48. The van der Waals surface area contributed by atoms with Gasteiger partial charge in [-0.15, -0.1) is 0 Å². The number of hydrogen-bond acceptors (Lipinski definition) is 3. The molecule has 90 valence electrons. The van der Waals surface area contributed by atoms with Gasteiger partial charge in [-0.2, -0.15) is 0 Å². The molecule has 3 nitrogen and oxygen atoms in total. The van der Waals surface area contributed by atoms with E-state index in [1.54, 1.807) is 19.1 Å². The van der Waals surface area contributed by atoms with E-state index in [1.807, 2.05) is 0 Å². The molecule has 0 saturated carbocycles. The average Bonchev–Trinajstić information content (AvgIpc) is 2.27. The molecule has 1 rings (SSSR count). The van der Waals surface area contributed by atoms with Crippen molar-refractivity contribution in [3.8, 4) is 0 Å². The van der Waals surface area contributed by atoms with E-state index >= 15 is 0 Å². The highest BCUT2D eigenvalue weighted by Crippen LogP contribution is 2.22. The summed E-state index contributed by atoms with van der Waals surface area (Å²) in [6.45, 7) is 3.07. The molecule has 0 bridgehead atoms. The molecule has 1 aromatic carbocycles. The van der Waals surface area contributed by atoms with Crippen LogP contribution in [0.2, 0.25) is 0 Å². The number of benzene rings is 1. The van der Waals surface area contributed by atoms with Crippen LogP contribution in [-0.4, -0.2) is 19.4 Å². The largest absolute Gasteiger partial charge is 0.323 e. The lowest BCUT2D eigenvalue weighted by molar-refractivity contribution is 0.547. The van der Waals surface area contributed by atoms with Crippen molar-refractivity contribution < 1.29 is 12.8 Å². The van der Waals surface area contributed by atoms with Crippen molar-refractivity contribution >= 4 is 9.84 Å². The molecule has 0 aliphatic rings. The van der Waals surface area contributed by atoms with Gasteiger partial charge in [0.15, 0.2) is 9.84 Å². The molecule has 0 amide bonds. The summed E-state index contributed by atoms with van der Waals surface area (Å²) >= 11 is 0. The van der Waals surface area contributed by atoms with Gasteiger partial charge < -0.3 is 5.73 Å². The molecule has 0 aliphatic heterocycles. The maximum absolute atomic E-state index is 13.4. The third kappa shape index (κ3) is 2.59. The van der Waals surface area contributed by atoms with Gasteiger partial charge in [0.05, 0.1) is 5.25 Å². The van der Waals surface area contributed by atoms with E-state index in [0.29, 0.717) is 0 Å². The van der Waals surface area contributed by atoms with Crippen LogP contribution in [0.15, 0.2) is 24.3 Å². The summed E-state index contributed by atoms with van der Waals surface area (Å²) in [6.07, 6.45) is 0. The van der Waals surface area contributed by atoms with Gasteiger partial charge in [0.2, 0.25) is 0 Å². The Morgan fingerprint density at radius 2 is 1.94 bits per heavy atom. The molecule has 0 saturated heterocycles. The normalized spacial score (nSPS) is 15.8. The summed E-state index contributed by atoms with van der Waals surface area (Å²) in [5.74, 6) is -0.454. The Morgan fingerprint density at radius 3 is 2.44 bits per heavy atom. The van der Waals surface area contributed by atoms with Gasteiger partial charge in [0.1, 0.15) is 5.82 Å². The Bertz CT molecular complexity index is 459. The van der Waals surface area contributed by atoms with Crippen LogP contribution in [-0.2, 0) is 9.84 Å². The van der Waals surface area contributed by atoms with Crippen molar-refractivity contribution in [3.63, 3.8) is 0 Å². The predicted octanol–water partition coefficient (Wildman–Crippen LogP) is 1.65. The molecule has 0 spiro atoms. The summed E-state index contributed by atoms with van der Waals surface area (Å²) < 4.78 is 36.7. The van der Waals surface area contributed by atoms with E-state index < -0.39 is 26.9 Å². The number of sulfone groups is 1. The van der Waals surface area contributed by atoms with Crippen LogP contribution in [0.3, 0.4) is 0 Å². The summed E-state index contributed by atoms with van der Waals surface area (Å²) in [6, 6.07) is 5.15. The first-order valence-electron chi connectivity index (χ1n) is 5.11. The topological polar surface area (TPSA) is 60.2 Å². The van der Waals surface area contributed by atoms with Crippen LogP contribution in [0.1, 0.15) is 25.5 Å². The van der Waals surface area contributed by atoms with Crippen molar-refractivity contribution in [2.45, 2.75) is 25.1 Å². The zero-order valence-corrected chi connectivity index (χ0v) is 10.2. The average molecular weight is 245 g/mol. The van der Waals surface area contributed by atoms with E-state index in [-0.39, 0.29) is 11.3 Å². The van der Waals surface area contributed by atoms with Gasteiger partial charge >= 0.3 is 0 Å². The van der Waals surface area contributed by atoms with E-state index in [0.717, 1.165) is 0 Å². The Hall–Kier alpha value is -0.940. The lowest BCUT2D eigenvalue weighted by Crippen LogP contribution is -2.32. The highest BCUT2D eigenvalue weighted by molar-refractivity contribution is 7.92. The summed E-state index contributed by atoms with van der Waals surface area (Å²) in [5, 5.41) is -0.783. The van der Waals surface area contributed by atoms with Crippen molar-refractivity contribution in [2.24, 2.45) is 5.73 Å². The van der Waals surface area contributed by atoms with Crippen molar-refractivity contribution in [2.75, 3.05) is 5.75 Å². The van der Waals surface area contributed by atoms with Crippen LogP contribution < -0.4 is 5.73 Å². The second-order valence-corrected chi connectivity index (χ2v) is 6.35. The van der Waals surface area contributed by atoms with Crippen molar-refractivity contribution in [1.29, 1.82) is 0 Å². The standard InChI is InChI=1S/C11H16FNO2S/c1-3-16(14,15)8(2)11(13)9-6-4-5-7-10(9)12/h4-8,11H,3,13H2,1-2H3/t8-,11+/m1/s1. The molecule has 0 aliphatic carbocycles. The summed E-state index contributed by atoms with van der Waals surface area (Å²) in [7, 11) is -3.25. The molecule has 1 aromatic rings. The fourth-order valence-corrected chi connectivity index (χ4v) is 2.60. The number of rotatable bonds is 4. The maximum atomic E-state index is 13.4. The highest BCUT2D eigenvalue weighted by atomic mass is 32.2. The van der Waals surface area contributed by atoms with Gasteiger partial charge in [0.25, 0.3) is 0 Å². The maximum Gasteiger partial charge on any atom is 0.154 e. The second-order valence-electron chi connectivity index (χ2n) is 3.70. The molecule has 0 heterocycles. The monoisotopic (exact) mass is 245 g/mol. The SMILES string of the molecule is CCS(=O)(=O)[C@H](C)[C@H](N)c1ccccc1F. The molecule has 0 aromatic heterocycles. The van der Waals surface area contributed by atoms with Crippen LogP contribution >= 0.6 is 0 Å². The van der Waals surface area contributed by atoms with E-state index in [1.165, 1.54) is 19.1 Å². The molecule has 16 heavy (non-hydrogen) atoms. The smallest absolute Gasteiger partial charge is 0.154 e. The Morgan fingerprint density at radius 1 is 1.38 bits per heavy atom. The predicted molar refractivity (Wildman–Crippen MR) is 62.3 cm³/mol. The molecule has 0 unspecified atom stereocenters. The number of hydrogen-bond donors (Lipinski definition) is 1. The summed E-state index contributed by atoms with van der Waals surface area (Å²) in [5.41, 5.74) is 6.02. The number of halogens is 1. The first kappa shape index (κ1) is 13.1. The minimum atomic E-state index is -3.25. The highest BCUT2D eigenvalue weighted by Gasteiger charge is 2.27. The third-order valence-corrected chi connectivity index (χ3v) is 4.97. The number of nitrogens with two attached hydrogens (primary N) is 1. The molecule has 2 N–H and O–H groups in total. The molecule has 2 atom stereocenters. The third-order valence-electron chi connectivity index (χ3n) is 2.74. The van der Waals surface area contributed by atoms with Crippen molar-refractivity contribution in [3.05, 3.63) is 35.6 Å². The fraction of sp³-hybridized carbons (Fsp3) is 0.455. The zero-order chi connectivity index (χ0) is 12.3. The van der Waals surface area contributed by atoms with Gasteiger partial charge in [-0.1, -0.05) is 25.1 Å². The van der Waals surface area contributed by atoms with Crippen LogP contribution in [0.4, 0.5) is 4.39 Å². The molecule has 0 radical (unpaired) electrons. The van der Waals surface area contributed by atoms with Crippen LogP contribution in [0.25, 0.3) is 0 Å².